The lowest BCUT2D eigenvalue weighted by atomic mass is 9.97. The molecule has 1 aliphatic heterocycles. The highest BCUT2D eigenvalue weighted by atomic mass is 16.5. The Morgan fingerprint density at radius 1 is 1.24 bits per heavy atom. The molecule has 2 amide bonds. The predicted molar refractivity (Wildman–Crippen MR) is 112 cm³/mol. The van der Waals surface area contributed by atoms with E-state index < -0.39 is 0 Å². The number of benzene rings is 2. The summed E-state index contributed by atoms with van der Waals surface area (Å²) in [5.41, 5.74) is 2.27. The first-order chi connectivity index (χ1) is 14.0. The van der Waals surface area contributed by atoms with Crippen LogP contribution < -0.4 is 10.1 Å². The number of ether oxygens (including phenoxy) is 2. The average Bonchev–Trinajstić information content (AvgIpc) is 2.73. The maximum Gasteiger partial charge on any atom is 0.254 e. The van der Waals surface area contributed by atoms with Gasteiger partial charge in [0.25, 0.3) is 5.91 Å². The van der Waals surface area contributed by atoms with Crippen molar-refractivity contribution < 1.29 is 19.1 Å². The second-order valence-corrected chi connectivity index (χ2v) is 7.44. The minimum absolute atomic E-state index is 0.0371. The highest BCUT2D eigenvalue weighted by Gasteiger charge is 2.22. The maximum atomic E-state index is 12.7. The van der Waals surface area contributed by atoms with Crippen LogP contribution in [0.2, 0.25) is 0 Å². The molecule has 154 valence electrons. The van der Waals surface area contributed by atoms with Crippen molar-refractivity contribution in [2.75, 3.05) is 32.1 Å². The van der Waals surface area contributed by atoms with Crippen LogP contribution in [0, 0.1) is 0 Å². The van der Waals surface area contributed by atoms with Crippen LogP contribution in [-0.2, 0) is 9.53 Å². The molecule has 0 aromatic heterocycles. The minimum Gasteiger partial charge on any atom is -0.497 e. The number of carbonyl (C=O) groups excluding carboxylic acids is 2. The largest absolute Gasteiger partial charge is 0.497 e. The first-order valence-corrected chi connectivity index (χ1v) is 9.91. The van der Waals surface area contributed by atoms with Gasteiger partial charge in [-0.15, -0.1) is 0 Å². The lowest BCUT2D eigenvalue weighted by molar-refractivity contribution is -0.116. The molecule has 1 N–H and O–H groups in total. The van der Waals surface area contributed by atoms with E-state index in [-0.39, 0.29) is 23.8 Å². The summed E-state index contributed by atoms with van der Waals surface area (Å²) in [5, 5.41) is 2.91. The van der Waals surface area contributed by atoms with Crippen LogP contribution in [-0.4, -0.2) is 49.6 Å². The molecule has 6 nitrogen and oxygen atoms in total. The summed E-state index contributed by atoms with van der Waals surface area (Å²) in [6.07, 6.45) is 0.390. The van der Waals surface area contributed by atoms with E-state index in [1.807, 2.05) is 38.1 Å². The van der Waals surface area contributed by atoms with E-state index >= 15 is 0 Å². The number of rotatable bonds is 6. The van der Waals surface area contributed by atoms with Crippen LogP contribution in [0.25, 0.3) is 0 Å². The van der Waals surface area contributed by atoms with Gasteiger partial charge in [0, 0.05) is 30.8 Å². The first-order valence-electron chi connectivity index (χ1n) is 9.91. The summed E-state index contributed by atoms with van der Waals surface area (Å²) in [4.78, 5) is 27.0. The Morgan fingerprint density at radius 3 is 2.69 bits per heavy atom. The number of carbonyl (C=O) groups is 2. The van der Waals surface area contributed by atoms with Crippen LogP contribution in [0.3, 0.4) is 0 Å². The molecule has 0 spiro atoms. The highest BCUT2D eigenvalue weighted by Crippen LogP contribution is 2.23. The molecule has 0 saturated carbocycles. The van der Waals surface area contributed by atoms with E-state index in [0.717, 1.165) is 11.3 Å². The second kappa shape index (κ2) is 9.56. The second-order valence-electron chi connectivity index (χ2n) is 7.44. The molecule has 0 radical (unpaired) electrons. The standard InChI is InChI=1S/C23H28N2O4/c1-16(18-7-9-21(28-3)10-8-18)13-22(26)24-20-6-4-5-19(14-20)23(27)25-11-12-29-17(2)15-25/h4-10,14,16-17H,11-13,15H2,1-3H3,(H,24,26). The zero-order valence-electron chi connectivity index (χ0n) is 17.2. The number of methoxy groups -OCH3 is 1. The Labute approximate surface area is 171 Å². The lowest BCUT2D eigenvalue weighted by Gasteiger charge is -2.31. The molecule has 1 saturated heterocycles. The Morgan fingerprint density at radius 2 is 2.00 bits per heavy atom. The topological polar surface area (TPSA) is 67.9 Å². The molecule has 29 heavy (non-hydrogen) atoms. The van der Waals surface area contributed by atoms with Crippen molar-refractivity contribution in [2.45, 2.75) is 32.3 Å². The number of morpholine rings is 1. The lowest BCUT2D eigenvalue weighted by Crippen LogP contribution is -2.44. The molecule has 1 aliphatic rings. The third-order valence-corrected chi connectivity index (χ3v) is 5.10. The van der Waals surface area contributed by atoms with Crippen LogP contribution in [0.1, 0.15) is 42.1 Å². The van der Waals surface area contributed by atoms with E-state index in [4.69, 9.17) is 9.47 Å². The molecule has 3 rings (SSSR count). The van der Waals surface area contributed by atoms with Gasteiger partial charge in [-0.25, -0.2) is 0 Å². The van der Waals surface area contributed by atoms with Crippen LogP contribution in [0.15, 0.2) is 48.5 Å². The van der Waals surface area contributed by atoms with Gasteiger partial charge in [0.2, 0.25) is 5.91 Å². The molecule has 2 aromatic rings. The van der Waals surface area contributed by atoms with E-state index in [1.165, 1.54) is 0 Å². The number of hydrogen-bond acceptors (Lipinski definition) is 4. The number of hydrogen-bond donors (Lipinski definition) is 1. The monoisotopic (exact) mass is 396 g/mol. The Bertz CT molecular complexity index is 850. The number of nitrogens with one attached hydrogen (secondary N) is 1. The molecule has 2 atom stereocenters. The first kappa shape index (κ1) is 20.9. The highest BCUT2D eigenvalue weighted by molar-refractivity contribution is 5.97. The van der Waals surface area contributed by atoms with Crippen LogP contribution >= 0.6 is 0 Å². The van der Waals surface area contributed by atoms with E-state index in [0.29, 0.717) is 37.4 Å². The van der Waals surface area contributed by atoms with Gasteiger partial charge in [-0.05, 0) is 48.7 Å². The molecule has 1 heterocycles. The van der Waals surface area contributed by atoms with Gasteiger partial charge in [0.15, 0.2) is 0 Å². The molecule has 6 heteroatoms. The van der Waals surface area contributed by atoms with Crippen molar-refractivity contribution in [3.8, 4) is 5.75 Å². The van der Waals surface area contributed by atoms with Gasteiger partial charge in [-0.2, -0.15) is 0 Å². The summed E-state index contributed by atoms with van der Waals surface area (Å²) in [6.45, 7) is 5.68. The van der Waals surface area contributed by atoms with Crippen molar-refractivity contribution in [2.24, 2.45) is 0 Å². The van der Waals surface area contributed by atoms with Crippen molar-refractivity contribution in [3.05, 3.63) is 59.7 Å². The van der Waals surface area contributed by atoms with Crippen molar-refractivity contribution in [3.63, 3.8) is 0 Å². The number of anilines is 1. The third-order valence-electron chi connectivity index (χ3n) is 5.10. The fourth-order valence-electron chi connectivity index (χ4n) is 3.46. The van der Waals surface area contributed by atoms with Gasteiger partial charge in [0.05, 0.1) is 19.8 Å². The molecular weight excluding hydrogens is 368 g/mol. The predicted octanol–water partition coefficient (Wildman–Crippen LogP) is 3.69. The van der Waals surface area contributed by atoms with E-state index in [1.54, 1.807) is 36.3 Å². The van der Waals surface area contributed by atoms with E-state index in [2.05, 4.69) is 5.32 Å². The fraction of sp³-hybridized carbons (Fsp3) is 0.391. The summed E-state index contributed by atoms with van der Waals surface area (Å²) >= 11 is 0. The fourth-order valence-corrected chi connectivity index (χ4v) is 3.46. The summed E-state index contributed by atoms with van der Waals surface area (Å²) in [5.74, 6) is 0.739. The number of amides is 2. The molecule has 0 bridgehead atoms. The van der Waals surface area contributed by atoms with Crippen molar-refractivity contribution in [1.82, 2.24) is 4.90 Å². The van der Waals surface area contributed by atoms with Gasteiger partial charge in [-0.3, -0.25) is 9.59 Å². The van der Waals surface area contributed by atoms with Crippen molar-refractivity contribution in [1.29, 1.82) is 0 Å². The molecular formula is C23H28N2O4. The quantitative estimate of drug-likeness (QED) is 0.809. The van der Waals surface area contributed by atoms with Crippen LogP contribution in [0.5, 0.6) is 5.75 Å². The third kappa shape index (κ3) is 5.57. The zero-order chi connectivity index (χ0) is 20.8. The van der Waals surface area contributed by atoms with Crippen LogP contribution in [0.4, 0.5) is 5.69 Å². The normalized spacial score (nSPS) is 17.5. The summed E-state index contributed by atoms with van der Waals surface area (Å²) < 4.78 is 10.7. The smallest absolute Gasteiger partial charge is 0.254 e. The average molecular weight is 396 g/mol. The maximum absolute atomic E-state index is 12.7. The van der Waals surface area contributed by atoms with Crippen molar-refractivity contribution >= 4 is 17.5 Å². The zero-order valence-corrected chi connectivity index (χ0v) is 17.2. The van der Waals surface area contributed by atoms with Gasteiger partial charge >= 0.3 is 0 Å². The van der Waals surface area contributed by atoms with E-state index in [9.17, 15) is 9.59 Å². The van der Waals surface area contributed by atoms with Gasteiger partial charge < -0.3 is 19.7 Å². The molecule has 0 aliphatic carbocycles. The Hall–Kier alpha value is -2.86. The summed E-state index contributed by atoms with van der Waals surface area (Å²) in [6, 6.07) is 14.8. The molecule has 2 unspecified atom stereocenters. The van der Waals surface area contributed by atoms with Gasteiger partial charge in [-0.1, -0.05) is 25.1 Å². The Kier molecular flexibility index (Phi) is 6.88. The Balaban J connectivity index is 1.60. The molecule has 1 fully saturated rings. The number of nitrogens with zero attached hydrogens (tertiary/aromatic N) is 1. The minimum atomic E-state index is -0.0853. The summed E-state index contributed by atoms with van der Waals surface area (Å²) in [7, 11) is 1.63. The van der Waals surface area contributed by atoms with Gasteiger partial charge in [0.1, 0.15) is 5.75 Å². The SMILES string of the molecule is COc1ccc(C(C)CC(=O)Nc2cccc(C(=O)N3CCOC(C)C3)c2)cc1. The molecule has 2 aromatic carbocycles.